The number of amides is 1. The second-order valence-corrected chi connectivity index (χ2v) is 6.52. The molecule has 1 aromatic heterocycles. The maximum absolute atomic E-state index is 12.7. The minimum atomic E-state index is -0.178. The summed E-state index contributed by atoms with van der Waals surface area (Å²) in [6, 6.07) is 9.70. The molecule has 0 aliphatic carbocycles. The third-order valence-electron chi connectivity index (χ3n) is 4.63. The number of hydrogen-bond donors (Lipinski definition) is 1. The number of benzene rings is 1. The van der Waals surface area contributed by atoms with Crippen LogP contribution in [0.25, 0.3) is 0 Å². The number of aryl methyl sites for hydroxylation is 2. The van der Waals surface area contributed by atoms with Crippen LogP contribution in [0.2, 0.25) is 0 Å². The summed E-state index contributed by atoms with van der Waals surface area (Å²) in [5, 5.41) is 3.00. The van der Waals surface area contributed by atoms with Crippen molar-refractivity contribution in [3.05, 3.63) is 47.4 Å². The number of nitrogens with one attached hydrogen (secondary N) is 1. The van der Waals surface area contributed by atoms with Crippen LogP contribution in [0.1, 0.15) is 54.5 Å². The molecule has 2 aromatic rings. The second kappa shape index (κ2) is 8.10. The van der Waals surface area contributed by atoms with E-state index in [0.29, 0.717) is 11.5 Å². The molecule has 25 heavy (non-hydrogen) atoms. The molecule has 0 atom stereocenters. The molecule has 0 spiro atoms. The molecule has 3 rings (SSSR count). The topological polar surface area (TPSA) is 58.1 Å². The molecule has 132 valence electrons. The average molecular weight is 338 g/mol. The number of para-hydroxylation sites is 1. The molecule has 1 fully saturated rings. The van der Waals surface area contributed by atoms with Gasteiger partial charge in [-0.2, -0.15) is 0 Å². The van der Waals surface area contributed by atoms with E-state index in [2.05, 4.69) is 27.1 Å². The maximum atomic E-state index is 12.7. The highest BCUT2D eigenvalue weighted by Crippen LogP contribution is 2.20. The molecular weight excluding hydrogens is 312 g/mol. The fraction of sp³-hybridized carbons (Fsp3) is 0.450. The van der Waals surface area contributed by atoms with Crippen LogP contribution in [0.5, 0.6) is 0 Å². The van der Waals surface area contributed by atoms with Gasteiger partial charge in [0.25, 0.3) is 5.91 Å². The van der Waals surface area contributed by atoms with Crippen molar-refractivity contribution in [2.24, 2.45) is 0 Å². The fourth-order valence-electron chi connectivity index (χ4n) is 3.27. The van der Waals surface area contributed by atoms with E-state index in [1.165, 1.54) is 25.7 Å². The van der Waals surface area contributed by atoms with E-state index in [1.54, 1.807) is 0 Å². The van der Waals surface area contributed by atoms with Crippen molar-refractivity contribution < 1.29 is 4.79 Å². The summed E-state index contributed by atoms with van der Waals surface area (Å²) in [5.74, 6) is 1.32. The van der Waals surface area contributed by atoms with Crippen molar-refractivity contribution in [1.29, 1.82) is 0 Å². The zero-order valence-electron chi connectivity index (χ0n) is 15.1. The van der Waals surface area contributed by atoms with Crippen LogP contribution < -0.4 is 10.2 Å². The molecule has 5 heteroatoms. The van der Waals surface area contributed by atoms with E-state index in [4.69, 9.17) is 0 Å². The Balaban J connectivity index is 1.82. The molecule has 0 unspecified atom stereocenters. The molecule has 1 aromatic carbocycles. The molecule has 1 aliphatic heterocycles. The molecule has 1 saturated heterocycles. The first-order chi connectivity index (χ1) is 12.2. The van der Waals surface area contributed by atoms with Crippen molar-refractivity contribution >= 4 is 17.4 Å². The van der Waals surface area contributed by atoms with E-state index in [0.717, 1.165) is 36.6 Å². The Morgan fingerprint density at radius 1 is 1.12 bits per heavy atom. The van der Waals surface area contributed by atoms with Crippen LogP contribution in [0, 0.1) is 6.92 Å². The predicted octanol–water partition coefficient (Wildman–Crippen LogP) is 3.98. The second-order valence-electron chi connectivity index (χ2n) is 6.52. The molecule has 2 heterocycles. The van der Waals surface area contributed by atoms with Crippen LogP contribution in [0.15, 0.2) is 30.3 Å². The van der Waals surface area contributed by atoms with Crippen LogP contribution in [0.3, 0.4) is 0 Å². The lowest BCUT2D eigenvalue weighted by atomic mass is 10.1. The van der Waals surface area contributed by atoms with Gasteiger partial charge in [0.05, 0.1) is 0 Å². The summed E-state index contributed by atoms with van der Waals surface area (Å²) in [7, 11) is 0. The van der Waals surface area contributed by atoms with Gasteiger partial charge in [-0.1, -0.05) is 38.0 Å². The van der Waals surface area contributed by atoms with Gasteiger partial charge < -0.3 is 10.2 Å². The van der Waals surface area contributed by atoms with E-state index >= 15 is 0 Å². The van der Waals surface area contributed by atoms with Gasteiger partial charge in [0.1, 0.15) is 17.3 Å². The highest BCUT2D eigenvalue weighted by molar-refractivity contribution is 6.03. The third-order valence-corrected chi connectivity index (χ3v) is 4.63. The minimum Gasteiger partial charge on any atom is -0.356 e. The van der Waals surface area contributed by atoms with Crippen molar-refractivity contribution in [2.75, 3.05) is 23.3 Å². The van der Waals surface area contributed by atoms with Gasteiger partial charge in [0.15, 0.2) is 0 Å². The minimum absolute atomic E-state index is 0.178. The van der Waals surface area contributed by atoms with E-state index in [9.17, 15) is 4.79 Å². The summed E-state index contributed by atoms with van der Waals surface area (Å²) in [5.41, 5.74) is 2.40. The summed E-state index contributed by atoms with van der Waals surface area (Å²) < 4.78 is 0. The number of carbonyl (C=O) groups is 1. The van der Waals surface area contributed by atoms with Crippen molar-refractivity contribution in [1.82, 2.24) is 9.97 Å². The Hall–Kier alpha value is -2.43. The molecule has 1 aliphatic rings. The van der Waals surface area contributed by atoms with Crippen LogP contribution in [0.4, 0.5) is 11.5 Å². The number of rotatable bonds is 4. The molecule has 0 saturated carbocycles. The number of anilines is 2. The SMILES string of the molecule is CCc1ccccc1NC(=O)c1cc(N2CCCCCC2)nc(C)n1. The normalized spacial score (nSPS) is 14.9. The standard InChI is InChI=1S/C20H26N4O/c1-3-16-10-6-7-11-17(16)23-20(25)18-14-19(22-15(2)21-18)24-12-8-4-5-9-13-24/h6-7,10-11,14H,3-5,8-9,12-13H2,1-2H3,(H,23,25). The average Bonchev–Trinajstić information content (AvgIpc) is 2.91. The Labute approximate surface area is 149 Å². The molecule has 0 bridgehead atoms. The van der Waals surface area contributed by atoms with Gasteiger partial charge >= 0.3 is 0 Å². The third kappa shape index (κ3) is 4.35. The summed E-state index contributed by atoms with van der Waals surface area (Å²) >= 11 is 0. The van der Waals surface area contributed by atoms with Gasteiger partial charge in [-0.3, -0.25) is 4.79 Å². The van der Waals surface area contributed by atoms with Gasteiger partial charge in [0, 0.05) is 24.8 Å². The summed E-state index contributed by atoms with van der Waals surface area (Å²) in [6.07, 6.45) is 5.75. The van der Waals surface area contributed by atoms with Crippen molar-refractivity contribution in [3.8, 4) is 0 Å². The lowest BCUT2D eigenvalue weighted by Crippen LogP contribution is -2.26. The summed E-state index contributed by atoms with van der Waals surface area (Å²) in [4.78, 5) is 23.9. The molecule has 1 amide bonds. The quantitative estimate of drug-likeness (QED) is 0.916. The van der Waals surface area contributed by atoms with Crippen LogP contribution >= 0.6 is 0 Å². The fourth-order valence-corrected chi connectivity index (χ4v) is 3.27. The van der Waals surface area contributed by atoms with Crippen molar-refractivity contribution in [2.45, 2.75) is 46.0 Å². The zero-order chi connectivity index (χ0) is 17.6. The molecule has 5 nitrogen and oxygen atoms in total. The Morgan fingerprint density at radius 2 is 1.84 bits per heavy atom. The first-order valence-electron chi connectivity index (χ1n) is 9.17. The smallest absolute Gasteiger partial charge is 0.274 e. The Bertz CT molecular complexity index is 736. The molecular formula is C20H26N4O. The summed E-state index contributed by atoms with van der Waals surface area (Å²) in [6.45, 7) is 5.92. The monoisotopic (exact) mass is 338 g/mol. The first-order valence-corrected chi connectivity index (χ1v) is 9.17. The molecule has 0 radical (unpaired) electrons. The van der Waals surface area contributed by atoms with Gasteiger partial charge in [-0.05, 0) is 37.8 Å². The van der Waals surface area contributed by atoms with E-state index < -0.39 is 0 Å². The highest BCUT2D eigenvalue weighted by atomic mass is 16.1. The zero-order valence-corrected chi connectivity index (χ0v) is 15.1. The number of carbonyl (C=O) groups excluding carboxylic acids is 1. The predicted molar refractivity (Wildman–Crippen MR) is 101 cm³/mol. The van der Waals surface area contributed by atoms with Crippen LogP contribution in [-0.4, -0.2) is 29.0 Å². The Morgan fingerprint density at radius 3 is 2.56 bits per heavy atom. The lowest BCUT2D eigenvalue weighted by molar-refractivity contribution is 0.102. The lowest BCUT2D eigenvalue weighted by Gasteiger charge is -2.22. The van der Waals surface area contributed by atoms with Crippen LogP contribution in [-0.2, 0) is 6.42 Å². The number of aromatic nitrogens is 2. The largest absolute Gasteiger partial charge is 0.356 e. The van der Waals surface area contributed by atoms with E-state index in [1.807, 2.05) is 37.3 Å². The first kappa shape index (κ1) is 17.4. The van der Waals surface area contributed by atoms with E-state index in [-0.39, 0.29) is 5.91 Å². The van der Waals surface area contributed by atoms with Crippen molar-refractivity contribution in [3.63, 3.8) is 0 Å². The van der Waals surface area contributed by atoms with Gasteiger partial charge in [-0.15, -0.1) is 0 Å². The highest BCUT2D eigenvalue weighted by Gasteiger charge is 2.16. The van der Waals surface area contributed by atoms with Gasteiger partial charge in [-0.25, -0.2) is 9.97 Å². The number of hydrogen-bond acceptors (Lipinski definition) is 4. The Kier molecular flexibility index (Phi) is 5.64. The maximum Gasteiger partial charge on any atom is 0.274 e. The van der Waals surface area contributed by atoms with Gasteiger partial charge in [0.2, 0.25) is 0 Å². The molecule has 1 N–H and O–H groups in total. The number of nitrogens with zero attached hydrogens (tertiary/aromatic N) is 3.